The third kappa shape index (κ3) is 2.70. The second-order valence-electron chi connectivity index (χ2n) is 6.32. The lowest BCUT2D eigenvalue weighted by Gasteiger charge is -2.47. The molecule has 1 aliphatic heterocycles. The predicted octanol–water partition coefficient (Wildman–Crippen LogP) is 3.75. The van der Waals surface area contributed by atoms with Gasteiger partial charge in [-0.2, -0.15) is 0 Å². The molecule has 1 N–H and O–H groups in total. The van der Waals surface area contributed by atoms with Crippen LogP contribution in [0, 0.1) is 6.92 Å². The number of benzene rings is 1. The summed E-state index contributed by atoms with van der Waals surface area (Å²) in [5, 5.41) is 3.82. The Morgan fingerprint density at radius 1 is 1.32 bits per heavy atom. The Morgan fingerprint density at radius 2 is 2.11 bits per heavy atom. The van der Waals surface area contributed by atoms with E-state index in [1.807, 2.05) is 0 Å². The van der Waals surface area contributed by atoms with Crippen LogP contribution in [-0.4, -0.2) is 18.2 Å². The molecule has 1 aromatic rings. The van der Waals surface area contributed by atoms with E-state index in [9.17, 15) is 0 Å². The van der Waals surface area contributed by atoms with Gasteiger partial charge in [0, 0.05) is 18.7 Å². The van der Waals surface area contributed by atoms with Gasteiger partial charge in [-0.15, -0.1) is 0 Å². The average Bonchev–Trinajstić information content (AvgIpc) is 2.37. The summed E-state index contributed by atoms with van der Waals surface area (Å²) in [5.74, 6) is 0. The van der Waals surface area contributed by atoms with Crippen LogP contribution >= 0.6 is 0 Å². The molecule has 19 heavy (non-hydrogen) atoms. The highest BCUT2D eigenvalue weighted by Gasteiger charge is 2.42. The quantitative estimate of drug-likeness (QED) is 0.892. The largest absolute Gasteiger partial charge is 0.375 e. The maximum atomic E-state index is 6.00. The van der Waals surface area contributed by atoms with Crippen molar-refractivity contribution in [3.05, 3.63) is 35.4 Å². The zero-order chi connectivity index (χ0) is 13.3. The van der Waals surface area contributed by atoms with Crippen molar-refractivity contribution in [2.24, 2.45) is 0 Å². The lowest BCUT2D eigenvalue weighted by atomic mass is 9.74. The Labute approximate surface area is 116 Å². The van der Waals surface area contributed by atoms with Crippen LogP contribution in [0.15, 0.2) is 24.3 Å². The Balaban J connectivity index is 1.63. The smallest absolute Gasteiger partial charge is 0.0697 e. The fraction of sp³-hybridized carbons (Fsp3) is 0.647. The van der Waals surface area contributed by atoms with E-state index in [1.165, 1.54) is 36.8 Å². The fourth-order valence-corrected chi connectivity index (χ4v) is 3.61. The molecule has 2 heteroatoms. The SMILES string of the molecule is Cc1ccccc1[C@H](C)NC1CCOC2(CCC2)C1. The van der Waals surface area contributed by atoms with Crippen molar-refractivity contribution in [2.75, 3.05) is 6.61 Å². The van der Waals surface area contributed by atoms with Crippen LogP contribution in [0.3, 0.4) is 0 Å². The van der Waals surface area contributed by atoms with Gasteiger partial charge in [0.1, 0.15) is 0 Å². The Morgan fingerprint density at radius 3 is 2.79 bits per heavy atom. The number of hydrogen-bond acceptors (Lipinski definition) is 2. The average molecular weight is 259 g/mol. The molecule has 0 bridgehead atoms. The number of hydrogen-bond donors (Lipinski definition) is 1. The van der Waals surface area contributed by atoms with Crippen molar-refractivity contribution >= 4 is 0 Å². The second-order valence-corrected chi connectivity index (χ2v) is 6.32. The zero-order valence-corrected chi connectivity index (χ0v) is 12.1. The molecule has 1 heterocycles. The number of aryl methyl sites for hydroxylation is 1. The highest BCUT2D eigenvalue weighted by molar-refractivity contribution is 5.28. The van der Waals surface area contributed by atoms with Gasteiger partial charge < -0.3 is 10.1 Å². The lowest BCUT2D eigenvalue weighted by molar-refractivity contribution is -0.136. The molecule has 1 aromatic carbocycles. The van der Waals surface area contributed by atoms with E-state index >= 15 is 0 Å². The van der Waals surface area contributed by atoms with Gasteiger partial charge in [0.25, 0.3) is 0 Å². The van der Waals surface area contributed by atoms with Crippen LogP contribution in [0.25, 0.3) is 0 Å². The maximum absolute atomic E-state index is 6.00. The van der Waals surface area contributed by atoms with Gasteiger partial charge in [-0.25, -0.2) is 0 Å². The molecule has 2 fully saturated rings. The van der Waals surface area contributed by atoms with Crippen molar-refractivity contribution in [1.82, 2.24) is 5.32 Å². The minimum absolute atomic E-state index is 0.237. The van der Waals surface area contributed by atoms with Crippen LogP contribution in [0.2, 0.25) is 0 Å². The molecule has 104 valence electrons. The van der Waals surface area contributed by atoms with Crippen LogP contribution in [0.4, 0.5) is 0 Å². The first-order valence-corrected chi connectivity index (χ1v) is 7.64. The Hall–Kier alpha value is -0.860. The van der Waals surface area contributed by atoms with E-state index in [0.29, 0.717) is 12.1 Å². The highest BCUT2D eigenvalue weighted by Crippen LogP contribution is 2.42. The van der Waals surface area contributed by atoms with Crippen molar-refractivity contribution in [3.63, 3.8) is 0 Å². The van der Waals surface area contributed by atoms with Gasteiger partial charge in [-0.3, -0.25) is 0 Å². The first-order valence-electron chi connectivity index (χ1n) is 7.64. The summed E-state index contributed by atoms with van der Waals surface area (Å²) >= 11 is 0. The Bertz CT molecular complexity index is 439. The number of rotatable bonds is 3. The molecule has 2 nitrogen and oxygen atoms in total. The lowest BCUT2D eigenvalue weighted by Crippen LogP contribution is -2.51. The van der Waals surface area contributed by atoms with Crippen LogP contribution in [0.5, 0.6) is 0 Å². The third-order valence-electron chi connectivity index (χ3n) is 4.90. The molecule has 1 unspecified atom stereocenters. The molecule has 3 rings (SSSR count). The standard InChI is InChI=1S/C17H25NO/c1-13-6-3-4-7-16(13)14(2)18-15-8-11-19-17(12-15)9-5-10-17/h3-4,6-7,14-15,18H,5,8-12H2,1-2H3/t14-,15?/m0/s1. The first-order chi connectivity index (χ1) is 9.19. The summed E-state index contributed by atoms with van der Waals surface area (Å²) in [6, 6.07) is 9.74. The number of ether oxygens (including phenoxy) is 1. The van der Waals surface area contributed by atoms with Crippen LogP contribution in [0.1, 0.15) is 56.2 Å². The van der Waals surface area contributed by atoms with Gasteiger partial charge in [0.05, 0.1) is 5.60 Å². The second kappa shape index (κ2) is 5.26. The van der Waals surface area contributed by atoms with E-state index in [4.69, 9.17) is 4.74 Å². The van der Waals surface area contributed by atoms with Crippen molar-refractivity contribution in [2.45, 2.75) is 63.6 Å². The molecule has 1 saturated carbocycles. The molecule has 1 spiro atoms. The minimum atomic E-state index is 0.237. The molecule has 0 aromatic heterocycles. The van der Waals surface area contributed by atoms with Gasteiger partial charge in [-0.1, -0.05) is 24.3 Å². The topological polar surface area (TPSA) is 21.3 Å². The summed E-state index contributed by atoms with van der Waals surface area (Å²) in [5.41, 5.74) is 3.05. The molecule has 1 saturated heterocycles. The zero-order valence-electron chi connectivity index (χ0n) is 12.1. The van der Waals surface area contributed by atoms with E-state index in [0.717, 1.165) is 13.0 Å². The normalized spacial score (nSPS) is 26.9. The van der Waals surface area contributed by atoms with E-state index in [2.05, 4.69) is 43.4 Å². The summed E-state index contributed by atoms with van der Waals surface area (Å²) < 4.78 is 6.00. The van der Waals surface area contributed by atoms with Gasteiger partial charge in [-0.05, 0) is 57.1 Å². The summed E-state index contributed by atoms with van der Waals surface area (Å²) in [6.45, 7) is 5.41. The van der Waals surface area contributed by atoms with E-state index in [-0.39, 0.29) is 5.60 Å². The molecule has 1 aliphatic carbocycles. The molecule has 0 amide bonds. The summed E-state index contributed by atoms with van der Waals surface area (Å²) in [7, 11) is 0. The van der Waals surface area contributed by atoms with Crippen molar-refractivity contribution < 1.29 is 4.74 Å². The van der Waals surface area contributed by atoms with Gasteiger partial charge in [0.2, 0.25) is 0 Å². The predicted molar refractivity (Wildman–Crippen MR) is 78.3 cm³/mol. The van der Waals surface area contributed by atoms with Crippen molar-refractivity contribution in [3.8, 4) is 0 Å². The van der Waals surface area contributed by atoms with Crippen molar-refractivity contribution in [1.29, 1.82) is 0 Å². The van der Waals surface area contributed by atoms with Gasteiger partial charge >= 0.3 is 0 Å². The van der Waals surface area contributed by atoms with Gasteiger partial charge in [0.15, 0.2) is 0 Å². The maximum Gasteiger partial charge on any atom is 0.0697 e. The van der Waals surface area contributed by atoms with Crippen LogP contribution < -0.4 is 5.32 Å². The van der Waals surface area contributed by atoms with E-state index < -0.39 is 0 Å². The monoisotopic (exact) mass is 259 g/mol. The minimum Gasteiger partial charge on any atom is -0.375 e. The van der Waals surface area contributed by atoms with Crippen LogP contribution in [-0.2, 0) is 4.74 Å². The number of nitrogens with one attached hydrogen (secondary N) is 1. The molecule has 0 radical (unpaired) electrons. The van der Waals surface area contributed by atoms with E-state index in [1.54, 1.807) is 0 Å². The fourth-order valence-electron chi connectivity index (χ4n) is 3.61. The molecule has 2 aliphatic rings. The third-order valence-corrected chi connectivity index (χ3v) is 4.90. The molecule has 2 atom stereocenters. The Kier molecular flexibility index (Phi) is 3.64. The summed E-state index contributed by atoms with van der Waals surface area (Å²) in [6.07, 6.45) is 6.23. The molecular weight excluding hydrogens is 234 g/mol. The highest BCUT2D eigenvalue weighted by atomic mass is 16.5. The molecular formula is C17H25NO. The summed E-state index contributed by atoms with van der Waals surface area (Å²) in [4.78, 5) is 0. The first kappa shape index (κ1) is 13.1.